The molecule has 0 radical (unpaired) electrons. The number of aliphatic hydroxyl groups is 1. The highest BCUT2D eigenvalue weighted by molar-refractivity contribution is 5.46. The molecular formula is C14H23NO3. The van der Waals surface area contributed by atoms with Gasteiger partial charge in [0.1, 0.15) is 6.61 Å². The number of rotatable bonds is 8. The minimum Gasteiger partial charge on any atom is -0.493 e. The van der Waals surface area contributed by atoms with Gasteiger partial charge in [-0.2, -0.15) is 0 Å². The summed E-state index contributed by atoms with van der Waals surface area (Å²) in [5.74, 6) is 2.02. The van der Waals surface area contributed by atoms with Crippen LogP contribution in [0.25, 0.3) is 0 Å². The molecule has 0 aliphatic carbocycles. The molecule has 0 aromatic heterocycles. The number of ether oxygens (including phenoxy) is 2. The van der Waals surface area contributed by atoms with Crippen molar-refractivity contribution in [1.82, 2.24) is 5.32 Å². The van der Waals surface area contributed by atoms with Crippen molar-refractivity contribution in [3.8, 4) is 11.5 Å². The van der Waals surface area contributed by atoms with E-state index in [2.05, 4.69) is 19.2 Å². The van der Waals surface area contributed by atoms with Crippen LogP contribution in [0, 0.1) is 5.92 Å². The van der Waals surface area contributed by atoms with Gasteiger partial charge < -0.3 is 19.9 Å². The average molecular weight is 253 g/mol. The van der Waals surface area contributed by atoms with Crippen molar-refractivity contribution < 1.29 is 14.6 Å². The normalized spacial score (nSPS) is 10.7. The highest BCUT2D eigenvalue weighted by Gasteiger charge is 2.10. The van der Waals surface area contributed by atoms with Crippen LogP contribution in [-0.4, -0.2) is 32.0 Å². The lowest BCUT2D eigenvalue weighted by atomic mass is 10.1. The summed E-state index contributed by atoms with van der Waals surface area (Å²) in [7, 11) is 1.62. The van der Waals surface area contributed by atoms with Crippen LogP contribution < -0.4 is 14.8 Å². The van der Waals surface area contributed by atoms with Crippen molar-refractivity contribution >= 4 is 0 Å². The predicted octanol–water partition coefficient (Wildman–Crippen LogP) is 1.81. The molecule has 0 fully saturated rings. The first-order chi connectivity index (χ1) is 8.69. The smallest absolute Gasteiger partial charge is 0.165 e. The Kier molecular flexibility index (Phi) is 6.54. The molecule has 1 aromatic rings. The Balaban J connectivity index is 2.74. The van der Waals surface area contributed by atoms with Crippen LogP contribution in [0.4, 0.5) is 0 Å². The number of benzene rings is 1. The lowest BCUT2D eigenvalue weighted by Gasteiger charge is -2.15. The van der Waals surface area contributed by atoms with Crippen LogP contribution in [-0.2, 0) is 6.54 Å². The van der Waals surface area contributed by atoms with Gasteiger partial charge >= 0.3 is 0 Å². The molecular weight excluding hydrogens is 230 g/mol. The molecule has 0 amide bonds. The molecule has 0 atom stereocenters. The van der Waals surface area contributed by atoms with Gasteiger partial charge in [0.15, 0.2) is 11.5 Å². The molecule has 1 aromatic carbocycles. The molecule has 0 heterocycles. The largest absolute Gasteiger partial charge is 0.493 e. The van der Waals surface area contributed by atoms with E-state index in [1.807, 2.05) is 18.2 Å². The van der Waals surface area contributed by atoms with Gasteiger partial charge in [-0.25, -0.2) is 0 Å². The number of methoxy groups -OCH3 is 1. The van der Waals surface area contributed by atoms with Crippen molar-refractivity contribution in [2.45, 2.75) is 20.4 Å². The monoisotopic (exact) mass is 253 g/mol. The minimum atomic E-state index is -0.00306. The molecule has 1 rings (SSSR count). The zero-order valence-electron chi connectivity index (χ0n) is 11.4. The standard InChI is InChI=1S/C14H23NO3/c1-11(2)9-15-10-12-5-4-6-13(17-3)14(12)18-8-7-16/h4-6,11,15-16H,7-10H2,1-3H3. The van der Waals surface area contributed by atoms with E-state index in [0.29, 0.717) is 17.4 Å². The number of hydrogen-bond donors (Lipinski definition) is 2. The molecule has 0 unspecified atom stereocenters. The summed E-state index contributed by atoms with van der Waals surface area (Å²) in [6, 6.07) is 5.80. The maximum absolute atomic E-state index is 8.85. The van der Waals surface area contributed by atoms with E-state index >= 15 is 0 Å². The van der Waals surface area contributed by atoms with Crippen LogP contribution in [0.2, 0.25) is 0 Å². The molecule has 4 heteroatoms. The third kappa shape index (κ3) is 4.55. The molecule has 0 bridgehead atoms. The van der Waals surface area contributed by atoms with Gasteiger partial charge in [-0.3, -0.25) is 0 Å². The highest BCUT2D eigenvalue weighted by Crippen LogP contribution is 2.30. The topological polar surface area (TPSA) is 50.7 Å². The molecule has 0 aliphatic rings. The predicted molar refractivity (Wildman–Crippen MR) is 72.1 cm³/mol. The van der Waals surface area contributed by atoms with Crippen LogP contribution in [0.3, 0.4) is 0 Å². The zero-order valence-corrected chi connectivity index (χ0v) is 11.4. The number of nitrogens with one attached hydrogen (secondary N) is 1. The van der Waals surface area contributed by atoms with E-state index in [1.54, 1.807) is 7.11 Å². The zero-order chi connectivity index (χ0) is 13.4. The van der Waals surface area contributed by atoms with Gasteiger partial charge in [-0.05, 0) is 18.5 Å². The van der Waals surface area contributed by atoms with Crippen LogP contribution >= 0.6 is 0 Å². The van der Waals surface area contributed by atoms with Gasteiger partial charge in [-0.15, -0.1) is 0 Å². The molecule has 18 heavy (non-hydrogen) atoms. The fourth-order valence-corrected chi connectivity index (χ4v) is 1.67. The lowest BCUT2D eigenvalue weighted by molar-refractivity contribution is 0.195. The fraction of sp³-hybridized carbons (Fsp3) is 0.571. The maximum atomic E-state index is 8.85. The third-order valence-electron chi connectivity index (χ3n) is 2.49. The first kappa shape index (κ1) is 14.8. The van der Waals surface area contributed by atoms with Crippen molar-refractivity contribution in [2.75, 3.05) is 26.9 Å². The van der Waals surface area contributed by atoms with E-state index < -0.39 is 0 Å². The fourth-order valence-electron chi connectivity index (χ4n) is 1.67. The van der Waals surface area contributed by atoms with Gasteiger partial charge in [0, 0.05) is 12.1 Å². The first-order valence-electron chi connectivity index (χ1n) is 6.29. The van der Waals surface area contributed by atoms with Gasteiger partial charge in [0.25, 0.3) is 0 Å². The second-order valence-electron chi connectivity index (χ2n) is 4.55. The lowest BCUT2D eigenvalue weighted by Crippen LogP contribution is -2.19. The Hall–Kier alpha value is -1.26. The van der Waals surface area contributed by atoms with E-state index in [0.717, 1.165) is 18.7 Å². The maximum Gasteiger partial charge on any atom is 0.165 e. The average Bonchev–Trinajstić information content (AvgIpc) is 2.36. The van der Waals surface area contributed by atoms with Gasteiger partial charge in [0.2, 0.25) is 0 Å². The van der Waals surface area contributed by atoms with E-state index in [9.17, 15) is 0 Å². The summed E-state index contributed by atoms with van der Waals surface area (Å²) >= 11 is 0. The number of para-hydroxylation sites is 1. The van der Waals surface area contributed by atoms with Gasteiger partial charge in [0.05, 0.1) is 13.7 Å². The summed E-state index contributed by atoms with van der Waals surface area (Å²) in [5.41, 5.74) is 1.04. The van der Waals surface area contributed by atoms with Crippen molar-refractivity contribution in [3.63, 3.8) is 0 Å². The first-order valence-corrected chi connectivity index (χ1v) is 6.29. The SMILES string of the molecule is COc1cccc(CNCC(C)C)c1OCCO. The summed E-state index contributed by atoms with van der Waals surface area (Å²) in [6.07, 6.45) is 0. The Labute approximate surface area is 109 Å². The summed E-state index contributed by atoms with van der Waals surface area (Å²) < 4.78 is 10.8. The summed E-state index contributed by atoms with van der Waals surface area (Å²) in [6.45, 7) is 6.30. The second-order valence-corrected chi connectivity index (χ2v) is 4.55. The summed E-state index contributed by atoms with van der Waals surface area (Å²) in [5, 5.41) is 12.2. The molecule has 102 valence electrons. The molecule has 4 nitrogen and oxygen atoms in total. The number of hydrogen-bond acceptors (Lipinski definition) is 4. The van der Waals surface area contributed by atoms with E-state index in [-0.39, 0.29) is 13.2 Å². The Morgan fingerprint density at radius 2 is 2.11 bits per heavy atom. The van der Waals surface area contributed by atoms with E-state index in [1.165, 1.54) is 0 Å². The molecule has 0 aliphatic heterocycles. The number of aliphatic hydroxyl groups excluding tert-OH is 1. The van der Waals surface area contributed by atoms with E-state index in [4.69, 9.17) is 14.6 Å². The van der Waals surface area contributed by atoms with Crippen molar-refractivity contribution in [1.29, 1.82) is 0 Å². The summed E-state index contributed by atoms with van der Waals surface area (Å²) in [4.78, 5) is 0. The van der Waals surface area contributed by atoms with Crippen LogP contribution in [0.5, 0.6) is 11.5 Å². The minimum absolute atomic E-state index is 0.00306. The van der Waals surface area contributed by atoms with Crippen molar-refractivity contribution in [3.05, 3.63) is 23.8 Å². The van der Waals surface area contributed by atoms with Crippen molar-refractivity contribution in [2.24, 2.45) is 5.92 Å². The second kappa shape index (κ2) is 7.95. The Morgan fingerprint density at radius 1 is 1.33 bits per heavy atom. The molecule has 0 saturated carbocycles. The molecule has 0 saturated heterocycles. The molecule has 0 spiro atoms. The quantitative estimate of drug-likeness (QED) is 0.742. The van der Waals surface area contributed by atoms with Crippen LogP contribution in [0.1, 0.15) is 19.4 Å². The van der Waals surface area contributed by atoms with Crippen LogP contribution in [0.15, 0.2) is 18.2 Å². The highest BCUT2D eigenvalue weighted by atomic mass is 16.5. The molecule has 2 N–H and O–H groups in total. The Morgan fingerprint density at radius 3 is 2.72 bits per heavy atom. The van der Waals surface area contributed by atoms with Gasteiger partial charge in [-0.1, -0.05) is 26.0 Å². The Bertz CT molecular complexity index is 353. The third-order valence-corrected chi connectivity index (χ3v) is 2.49.